The summed E-state index contributed by atoms with van der Waals surface area (Å²) in [5.74, 6) is -0.163. The lowest BCUT2D eigenvalue weighted by Gasteiger charge is -2.30. The lowest BCUT2D eigenvalue weighted by Crippen LogP contribution is -2.21. The van der Waals surface area contributed by atoms with Gasteiger partial charge in [0.2, 0.25) is 5.91 Å². The van der Waals surface area contributed by atoms with Crippen molar-refractivity contribution in [3.8, 4) is 0 Å². The van der Waals surface area contributed by atoms with Crippen LogP contribution in [0.25, 0.3) is 0 Å². The molecule has 21 heavy (non-hydrogen) atoms. The molecule has 0 bridgehead atoms. The van der Waals surface area contributed by atoms with Gasteiger partial charge in [-0.25, -0.2) is 0 Å². The monoisotopic (exact) mass is 287 g/mol. The highest BCUT2D eigenvalue weighted by Crippen LogP contribution is 2.44. The highest BCUT2D eigenvalue weighted by Gasteiger charge is 2.34. The van der Waals surface area contributed by atoms with E-state index in [9.17, 15) is 4.79 Å². The summed E-state index contributed by atoms with van der Waals surface area (Å²) in [6.07, 6.45) is 13.3. The van der Waals surface area contributed by atoms with Gasteiger partial charge in [0, 0.05) is 6.42 Å². The fraction of sp³-hybridized carbons (Fsp3) is 0.632. The number of benzene rings is 1. The molecule has 0 spiro atoms. The van der Waals surface area contributed by atoms with Gasteiger partial charge in [-0.2, -0.15) is 0 Å². The zero-order chi connectivity index (χ0) is 15.0. The van der Waals surface area contributed by atoms with Crippen molar-refractivity contribution >= 4 is 5.91 Å². The Kier molecular flexibility index (Phi) is 6.28. The molecule has 2 rings (SSSR count). The van der Waals surface area contributed by atoms with Gasteiger partial charge in [-0.1, -0.05) is 68.9 Å². The van der Waals surface area contributed by atoms with Crippen LogP contribution in [0.15, 0.2) is 30.3 Å². The van der Waals surface area contributed by atoms with Crippen molar-refractivity contribution in [1.82, 2.24) is 0 Å². The number of amides is 1. The number of primary amides is 1. The van der Waals surface area contributed by atoms with Crippen LogP contribution >= 0.6 is 0 Å². The summed E-state index contributed by atoms with van der Waals surface area (Å²) in [4.78, 5) is 10.7. The standard InChI is InChI=1S/C19H29NO/c20-18(21)13-7-2-1-3-8-14-19(15-9-10-16-19)17-11-5-4-6-12-17/h4-6,11-12H,1-3,7-10,13-16H2,(H2,20,21). The van der Waals surface area contributed by atoms with Gasteiger partial charge in [0.15, 0.2) is 0 Å². The Labute approximate surface area is 129 Å². The summed E-state index contributed by atoms with van der Waals surface area (Å²) in [5.41, 5.74) is 7.16. The van der Waals surface area contributed by atoms with Gasteiger partial charge in [-0.15, -0.1) is 0 Å². The van der Waals surface area contributed by atoms with Gasteiger partial charge >= 0.3 is 0 Å². The van der Waals surface area contributed by atoms with Crippen molar-refractivity contribution in [2.24, 2.45) is 5.73 Å². The van der Waals surface area contributed by atoms with Crippen molar-refractivity contribution in [2.45, 2.75) is 76.0 Å². The first-order chi connectivity index (χ1) is 10.2. The van der Waals surface area contributed by atoms with Crippen LogP contribution in [0.5, 0.6) is 0 Å². The summed E-state index contributed by atoms with van der Waals surface area (Å²) < 4.78 is 0. The highest BCUT2D eigenvalue weighted by atomic mass is 16.1. The van der Waals surface area contributed by atoms with E-state index < -0.39 is 0 Å². The van der Waals surface area contributed by atoms with E-state index in [2.05, 4.69) is 30.3 Å². The normalized spacial score (nSPS) is 17.0. The average molecular weight is 287 g/mol. The van der Waals surface area contributed by atoms with Gasteiger partial charge in [0.1, 0.15) is 0 Å². The summed E-state index contributed by atoms with van der Waals surface area (Å²) in [6.45, 7) is 0. The molecule has 0 saturated heterocycles. The second kappa shape index (κ2) is 8.21. The molecule has 0 aliphatic heterocycles. The molecule has 1 fully saturated rings. The maximum Gasteiger partial charge on any atom is 0.217 e. The van der Waals surface area contributed by atoms with Gasteiger partial charge < -0.3 is 5.73 Å². The smallest absolute Gasteiger partial charge is 0.217 e. The van der Waals surface area contributed by atoms with Crippen LogP contribution in [-0.4, -0.2) is 5.91 Å². The molecule has 1 aromatic carbocycles. The van der Waals surface area contributed by atoms with E-state index in [4.69, 9.17) is 5.73 Å². The van der Waals surface area contributed by atoms with Crippen molar-refractivity contribution in [3.05, 3.63) is 35.9 Å². The minimum absolute atomic E-state index is 0.163. The fourth-order valence-corrected chi connectivity index (χ4v) is 3.82. The molecule has 1 aliphatic rings. The molecule has 2 heteroatoms. The van der Waals surface area contributed by atoms with E-state index in [0.717, 1.165) is 12.8 Å². The fourth-order valence-electron chi connectivity index (χ4n) is 3.82. The van der Waals surface area contributed by atoms with E-state index in [1.54, 1.807) is 5.56 Å². The minimum Gasteiger partial charge on any atom is -0.370 e. The van der Waals surface area contributed by atoms with Gasteiger partial charge in [-0.3, -0.25) is 4.79 Å². The maximum atomic E-state index is 10.7. The SMILES string of the molecule is NC(=O)CCCCCCCC1(c2ccccc2)CCCC1. The minimum atomic E-state index is -0.163. The van der Waals surface area contributed by atoms with Crippen molar-refractivity contribution in [1.29, 1.82) is 0 Å². The van der Waals surface area contributed by atoms with E-state index in [-0.39, 0.29) is 5.91 Å². The molecule has 0 radical (unpaired) electrons. The molecule has 0 heterocycles. The van der Waals surface area contributed by atoms with Crippen LogP contribution in [-0.2, 0) is 10.2 Å². The van der Waals surface area contributed by atoms with Crippen LogP contribution in [0.4, 0.5) is 0 Å². The molecule has 1 aromatic rings. The molecule has 1 amide bonds. The van der Waals surface area contributed by atoms with Crippen LogP contribution in [0, 0.1) is 0 Å². The zero-order valence-electron chi connectivity index (χ0n) is 13.2. The number of unbranched alkanes of at least 4 members (excludes halogenated alkanes) is 4. The van der Waals surface area contributed by atoms with Crippen LogP contribution < -0.4 is 5.73 Å². The first-order valence-corrected chi connectivity index (χ1v) is 8.57. The van der Waals surface area contributed by atoms with Crippen LogP contribution in [0.2, 0.25) is 0 Å². The third-order valence-electron chi connectivity index (χ3n) is 5.03. The second-order valence-electron chi connectivity index (χ2n) is 6.59. The first-order valence-electron chi connectivity index (χ1n) is 8.57. The Morgan fingerprint density at radius 2 is 1.57 bits per heavy atom. The molecule has 1 aliphatic carbocycles. The average Bonchev–Trinajstić information content (AvgIpc) is 2.97. The third-order valence-corrected chi connectivity index (χ3v) is 5.03. The largest absolute Gasteiger partial charge is 0.370 e. The molecule has 0 unspecified atom stereocenters. The Hall–Kier alpha value is -1.31. The molecule has 116 valence electrons. The number of nitrogens with two attached hydrogens (primary N) is 1. The van der Waals surface area contributed by atoms with Gasteiger partial charge in [0.25, 0.3) is 0 Å². The predicted octanol–water partition coefficient (Wildman–Crippen LogP) is 4.71. The van der Waals surface area contributed by atoms with Crippen LogP contribution in [0.3, 0.4) is 0 Å². The van der Waals surface area contributed by atoms with E-state index in [0.29, 0.717) is 11.8 Å². The van der Waals surface area contributed by atoms with Crippen molar-refractivity contribution in [3.63, 3.8) is 0 Å². The van der Waals surface area contributed by atoms with Crippen LogP contribution in [0.1, 0.15) is 76.2 Å². The van der Waals surface area contributed by atoms with Gasteiger partial charge in [-0.05, 0) is 36.7 Å². The summed E-state index contributed by atoms with van der Waals surface area (Å²) in [7, 11) is 0. The zero-order valence-corrected chi connectivity index (χ0v) is 13.2. The van der Waals surface area contributed by atoms with E-state index >= 15 is 0 Å². The summed E-state index contributed by atoms with van der Waals surface area (Å²) >= 11 is 0. The Balaban J connectivity index is 1.73. The Morgan fingerprint density at radius 3 is 2.24 bits per heavy atom. The summed E-state index contributed by atoms with van der Waals surface area (Å²) in [6, 6.07) is 11.1. The molecule has 1 saturated carbocycles. The number of rotatable bonds is 9. The maximum absolute atomic E-state index is 10.7. The number of hydrogen-bond donors (Lipinski definition) is 1. The number of hydrogen-bond acceptors (Lipinski definition) is 1. The molecule has 2 nitrogen and oxygen atoms in total. The topological polar surface area (TPSA) is 43.1 Å². The van der Waals surface area contributed by atoms with Crippen molar-refractivity contribution < 1.29 is 4.79 Å². The van der Waals surface area contributed by atoms with Gasteiger partial charge in [0.05, 0.1) is 0 Å². The number of carbonyl (C=O) groups excluding carboxylic acids is 1. The Morgan fingerprint density at radius 1 is 0.952 bits per heavy atom. The van der Waals surface area contributed by atoms with E-state index in [1.165, 1.54) is 51.4 Å². The Bertz CT molecular complexity index is 420. The molecular formula is C19H29NO. The lowest BCUT2D eigenvalue weighted by atomic mass is 9.75. The third kappa shape index (κ3) is 4.87. The second-order valence-corrected chi connectivity index (χ2v) is 6.59. The molecule has 0 atom stereocenters. The predicted molar refractivity (Wildman–Crippen MR) is 88.1 cm³/mol. The lowest BCUT2D eigenvalue weighted by molar-refractivity contribution is -0.118. The van der Waals surface area contributed by atoms with E-state index in [1.807, 2.05) is 0 Å². The van der Waals surface area contributed by atoms with Crippen molar-refractivity contribution in [2.75, 3.05) is 0 Å². The molecular weight excluding hydrogens is 258 g/mol. The molecule has 2 N–H and O–H groups in total. The molecule has 0 aromatic heterocycles. The highest BCUT2D eigenvalue weighted by molar-refractivity contribution is 5.73. The summed E-state index contributed by atoms with van der Waals surface area (Å²) in [5, 5.41) is 0. The quantitative estimate of drug-likeness (QED) is 0.656. The number of carbonyl (C=O) groups is 1. The first kappa shape index (κ1) is 16.1.